The molecule has 0 aliphatic heterocycles. The number of nitrogens with zero attached hydrogens (tertiary/aromatic N) is 5. The second-order valence-corrected chi connectivity index (χ2v) is 12.3. The predicted octanol–water partition coefficient (Wildman–Crippen LogP) is 2.22. The minimum absolute atomic E-state index is 0.00927. The molecule has 2 fully saturated rings. The molecule has 41 heavy (non-hydrogen) atoms. The summed E-state index contributed by atoms with van der Waals surface area (Å²) in [6.45, 7) is 5.40. The average molecular weight is 562 g/mol. The van der Waals surface area contributed by atoms with Crippen LogP contribution in [0.15, 0.2) is 30.6 Å². The number of aromatic nitrogens is 5. The number of nitrogens with one attached hydrogen (secondary N) is 1. The van der Waals surface area contributed by atoms with Crippen molar-refractivity contribution in [3.05, 3.63) is 47.4 Å². The van der Waals surface area contributed by atoms with Crippen LogP contribution < -0.4 is 20.5 Å². The van der Waals surface area contributed by atoms with Crippen molar-refractivity contribution in [2.45, 2.75) is 70.6 Å². The summed E-state index contributed by atoms with van der Waals surface area (Å²) in [4.78, 5) is 29.4. The lowest BCUT2D eigenvalue weighted by Crippen LogP contribution is -2.58. The SMILES string of the molecule is Cc1nn(C)c2nc(OC3CC4(CC(NC(=O)c5cnn6cc(OCC(C)(C)O)ccc56)C4)C3)c(CC(N)=O)cc12. The zero-order valence-electron chi connectivity index (χ0n) is 23.7. The Bertz CT molecular complexity index is 1650. The first-order chi connectivity index (χ1) is 19.4. The second kappa shape index (κ2) is 9.72. The van der Waals surface area contributed by atoms with Crippen LogP contribution in [0.4, 0.5) is 0 Å². The minimum atomic E-state index is -0.950. The summed E-state index contributed by atoms with van der Waals surface area (Å²) in [7, 11) is 1.83. The summed E-state index contributed by atoms with van der Waals surface area (Å²) in [5.41, 5.74) is 8.09. The van der Waals surface area contributed by atoms with Crippen molar-refractivity contribution in [2.24, 2.45) is 18.2 Å². The van der Waals surface area contributed by atoms with Gasteiger partial charge in [0.2, 0.25) is 11.8 Å². The topological polar surface area (TPSA) is 159 Å². The quantitative estimate of drug-likeness (QED) is 0.281. The monoisotopic (exact) mass is 561 g/mol. The fourth-order valence-electron chi connectivity index (χ4n) is 6.10. The van der Waals surface area contributed by atoms with Crippen LogP contribution in [0, 0.1) is 12.3 Å². The van der Waals surface area contributed by atoms with Gasteiger partial charge < -0.3 is 25.6 Å². The summed E-state index contributed by atoms with van der Waals surface area (Å²) in [6, 6.07) is 5.55. The molecule has 2 saturated carbocycles. The van der Waals surface area contributed by atoms with Crippen molar-refractivity contribution in [1.82, 2.24) is 29.7 Å². The molecule has 4 heterocycles. The van der Waals surface area contributed by atoms with Gasteiger partial charge in [0, 0.05) is 24.0 Å². The Hall–Kier alpha value is -4.19. The Labute approximate surface area is 236 Å². The van der Waals surface area contributed by atoms with E-state index in [1.807, 2.05) is 20.0 Å². The van der Waals surface area contributed by atoms with Crippen LogP contribution in [0.5, 0.6) is 11.6 Å². The largest absolute Gasteiger partial charge is 0.489 e. The molecule has 12 nitrogen and oxygen atoms in total. The molecular formula is C29H35N7O5. The van der Waals surface area contributed by atoms with Crippen LogP contribution in [-0.4, -0.2) is 65.7 Å². The molecule has 0 unspecified atom stereocenters. The van der Waals surface area contributed by atoms with Gasteiger partial charge in [0.25, 0.3) is 5.91 Å². The molecule has 4 N–H and O–H groups in total. The number of nitrogens with two attached hydrogens (primary N) is 1. The maximum Gasteiger partial charge on any atom is 0.255 e. The Balaban J connectivity index is 1.04. The van der Waals surface area contributed by atoms with Crippen molar-refractivity contribution >= 4 is 28.4 Å². The lowest BCUT2D eigenvalue weighted by molar-refractivity contribution is -0.117. The van der Waals surface area contributed by atoms with Gasteiger partial charge >= 0.3 is 0 Å². The molecular weight excluding hydrogens is 526 g/mol. The van der Waals surface area contributed by atoms with E-state index in [1.165, 1.54) is 0 Å². The predicted molar refractivity (Wildman–Crippen MR) is 150 cm³/mol. The van der Waals surface area contributed by atoms with Crippen LogP contribution in [0.1, 0.15) is 61.1 Å². The number of amides is 2. The molecule has 4 aromatic rings. The lowest BCUT2D eigenvalue weighted by Gasteiger charge is -2.57. The zero-order chi connectivity index (χ0) is 29.1. The Kier molecular flexibility index (Phi) is 6.40. The fourth-order valence-corrected chi connectivity index (χ4v) is 6.10. The van der Waals surface area contributed by atoms with Gasteiger partial charge in [-0.1, -0.05) is 0 Å². The van der Waals surface area contributed by atoms with Crippen molar-refractivity contribution in [3.8, 4) is 11.6 Å². The molecule has 2 aliphatic rings. The molecule has 2 aliphatic carbocycles. The third-order valence-corrected chi connectivity index (χ3v) is 8.02. The van der Waals surface area contributed by atoms with E-state index in [4.69, 9.17) is 15.2 Å². The molecule has 0 aromatic carbocycles. The van der Waals surface area contributed by atoms with Gasteiger partial charge in [-0.15, -0.1) is 0 Å². The van der Waals surface area contributed by atoms with Crippen molar-refractivity contribution in [1.29, 1.82) is 0 Å². The van der Waals surface area contributed by atoms with E-state index in [0.717, 1.165) is 36.8 Å². The molecule has 216 valence electrons. The number of aliphatic hydroxyl groups is 1. The first kappa shape index (κ1) is 27.0. The van der Waals surface area contributed by atoms with E-state index < -0.39 is 11.5 Å². The lowest BCUT2D eigenvalue weighted by atomic mass is 9.53. The Morgan fingerprint density at radius 2 is 2.00 bits per heavy atom. The van der Waals surface area contributed by atoms with Crippen LogP contribution in [0.3, 0.4) is 0 Å². The fraction of sp³-hybridized carbons (Fsp3) is 0.483. The number of aryl methyl sites for hydroxylation is 2. The first-order valence-electron chi connectivity index (χ1n) is 13.8. The highest BCUT2D eigenvalue weighted by Crippen LogP contribution is 2.57. The van der Waals surface area contributed by atoms with Crippen molar-refractivity contribution in [2.75, 3.05) is 6.61 Å². The summed E-state index contributed by atoms with van der Waals surface area (Å²) in [5.74, 6) is 0.401. The molecule has 0 bridgehead atoms. The molecule has 6 rings (SSSR count). The summed E-state index contributed by atoms with van der Waals surface area (Å²) < 4.78 is 15.2. The number of ether oxygens (including phenoxy) is 2. The maximum atomic E-state index is 13.0. The number of pyridine rings is 2. The smallest absolute Gasteiger partial charge is 0.255 e. The number of rotatable bonds is 9. The number of carbonyl (C=O) groups is 2. The number of carbonyl (C=O) groups excluding carboxylic acids is 2. The summed E-state index contributed by atoms with van der Waals surface area (Å²) in [5, 5.41) is 22.6. The molecule has 12 heteroatoms. The van der Waals surface area contributed by atoms with Crippen molar-refractivity contribution < 1.29 is 24.2 Å². The van der Waals surface area contributed by atoms with Gasteiger partial charge in [0.15, 0.2) is 5.65 Å². The van der Waals surface area contributed by atoms with E-state index in [9.17, 15) is 14.7 Å². The average Bonchev–Trinajstić information content (AvgIpc) is 3.39. The van der Waals surface area contributed by atoms with Gasteiger partial charge in [0.1, 0.15) is 18.5 Å². The molecule has 0 atom stereocenters. The van der Waals surface area contributed by atoms with E-state index in [-0.39, 0.29) is 36.5 Å². The molecule has 4 aromatic heterocycles. The van der Waals surface area contributed by atoms with E-state index in [0.29, 0.717) is 33.9 Å². The highest BCUT2D eigenvalue weighted by Gasteiger charge is 2.54. The minimum Gasteiger partial charge on any atom is -0.489 e. The van der Waals surface area contributed by atoms with Gasteiger partial charge in [-0.2, -0.15) is 15.2 Å². The van der Waals surface area contributed by atoms with E-state index in [1.54, 1.807) is 47.6 Å². The highest BCUT2D eigenvalue weighted by molar-refractivity contribution is 6.00. The van der Waals surface area contributed by atoms with E-state index >= 15 is 0 Å². The Morgan fingerprint density at radius 1 is 1.24 bits per heavy atom. The van der Waals surface area contributed by atoms with Crippen LogP contribution in [0.25, 0.3) is 16.6 Å². The maximum absolute atomic E-state index is 13.0. The molecule has 2 amide bonds. The normalized spacial score (nSPS) is 22.0. The zero-order valence-corrected chi connectivity index (χ0v) is 23.7. The molecule has 0 radical (unpaired) electrons. The number of primary amides is 1. The van der Waals surface area contributed by atoms with E-state index in [2.05, 4.69) is 20.5 Å². The highest BCUT2D eigenvalue weighted by atomic mass is 16.5. The van der Waals surface area contributed by atoms with Crippen LogP contribution in [0.2, 0.25) is 0 Å². The van der Waals surface area contributed by atoms with Gasteiger partial charge in [-0.25, -0.2) is 4.52 Å². The number of hydrogen-bond donors (Lipinski definition) is 3. The summed E-state index contributed by atoms with van der Waals surface area (Å²) in [6.07, 6.45) is 6.79. The van der Waals surface area contributed by atoms with Gasteiger partial charge in [0.05, 0.1) is 41.2 Å². The number of fused-ring (bicyclic) bond motifs is 2. The summed E-state index contributed by atoms with van der Waals surface area (Å²) >= 11 is 0. The van der Waals surface area contributed by atoms with Crippen LogP contribution in [-0.2, 0) is 18.3 Å². The van der Waals surface area contributed by atoms with Crippen molar-refractivity contribution in [3.63, 3.8) is 0 Å². The standard InChI is InChI=1S/C29H35N7O5/c1-16-21-7-17(8-24(30)37)27(33-25(21)35(4)34-16)41-20-11-29(12-20)9-18(10-29)32-26(38)22-13-31-36-14-19(5-6-23(22)36)40-15-28(2,3)39/h5-7,13-14,18,20,39H,8-12,15H2,1-4H3,(H2,30,37)(H,32,38). The molecule has 1 spiro atoms. The van der Waals surface area contributed by atoms with Gasteiger partial charge in [-0.05, 0) is 70.1 Å². The molecule has 0 saturated heterocycles. The first-order valence-corrected chi connectivity index (χ1v) is 13.8. The Morgan fingerprint density at radius 3 is 2.71 bits per heavy atom. The number of hydrogen-bond acceptors (Lipinski definition) is 8. The van der Waals surface area contributed by atoms with Crippen LogP contribution >= 0.6 is 0 Å². The second-order valence-electron chi connectivity index (χ2n) is 12.3. The third-order valence-electron chi connectivity index (χ3n) is 8.02. The third kappa shape index (κ3) is 5.31. The van der Waals surface area contributed by atoms with Gasteiger partial charge in [-0.3, -0.25) is 14.3 Å².